The highest BCUT2D eigenvalue weighted by Crippen LogP contribution is 2.33. The molecule has 1 aliphatic rings. The summed E-state index contributed by atoms with van der Waals surface area (Å²) in [6.07, 6.45) is 3.95. The average molecular weight is 372 g/mol. The van der Waals surface area contributed by atoms with Crippen LogP contribution in [0.1, 0.15) is 48.3 Å². The van der Waals surface area contributed by atoms with Crippen LogP contribution in [0.2, 0.25) is 0 Å². The number of aryl methyl sites for hydroxylation is 1. The summed E-state index contributed by atoms with van der Waals surface area (Å²) >= 11 is 0. The highest BCUT2D eigenvalue weighted by molar-refractivity contribution is 5.84. The predicted molar refractivity (Wildman–Crippen MR) is 99.9 cm³/mol. The predicted octanol–water partition coefficient (Wildman–Crippen LogP) is 3.91. The van der Waals surface area contributed by atoms with E-state index in [4.69, 9.17) is 9.26 Å². The Morgan fingerprint density at radius 3 is 3.11 bits per heavy atom. The molecule has 2 aromatic heterocycles. The maximum absolute atomic E-state index is 13.6. The van der Waals surface area contributed by atoms with E-state index < -0.39 is 0 Å². The minimum atomic E-state index is -0.207. The lowest BCUT2D eigenvalue weighted by Gasteiger charge is -2.33. The van der Waals surface area contributed by atoms with E-state index in [9.17, 15) is 4.39 Å². The van der Waals surface area contributed by atoms with Gasteiger partial charge in [-0.3, -0.25) is 4.90 Å². The smallest absolute Gasteiger partial charge is 0.244 e. The van der Waals surface area contributed by atoms with Gasteiger partial charge in [-0.1, -0.05) is 11.6 Å². The third-order valence-electron chi connectivity index (χ3n) is 5.40. The van der Waals surface area contributed by atoms with Gasteiger partial charge < -0.3 is 14.2 Å². The maximum atomic E-state index is 13.6. The van der Waals surface area contributed by atoms with Crippen molar-refractivity contribution >= 4 is 10.9 Å². The first-order valence-corrected chi connectivity index (χ1v) is 9.48. The van der Waals surface area contributed by atoms with Crippen molar-refractivity contribution < 1.29 is 13.7 Å². The Balaban J connectivity index is 1.56. The second-order valence-corrected chi connectivity index (χ2v) is 7.19. The van der Waals surface area contributed by atoms with Gasteiger partial charge in [-0.15, -0.1) is 0 Å². The van der Waals surface area contributed by atoms with E-state index >= 15 is 0 Å². The molecule has 0 amide bonds. The van der Waals surface area contributed by atoms with E-state index in [2.05, 4.69) is 20.0 Å². The number of ether oxygens (including phenoxy) is 1. The summed E-state index contributed by atoms with van der Waals surface area (Å²) < 4.78 is 24.2. The molecule has 0 saturated carbocycles. The minimum Gasteiger partial charge on any atom is -0.384 e. The van der Waals surface area contributed by atoms with Gasteiger partial charge >= 0.3 is 0 Å². The molecule has 3 aromatic rings. The third-order valence-corrected chi connectivity index (χ3v) is 5.40. The number of fused-ring (bicyclic) bond motifs is 1. The van der Waals surface area contributed by atoms with Gasteiger partial charge in [0.15, 0.2) is 5.82 Å². The van der Waals surface area contributed by atoms with Gasteiger partial charge in [0.2, 0.25) is 5.89 Å². The van der Waals surface area contributed by atoms with Gasteiger partial charge in [0, 0.05) is 36.7 Å². The second kappa shape index (κ2) is 7.78. The van der Waals surface area contributed by atoms with Crippen molar-refractivity contribution in [3.05, 3.63) is 47.0 Å². The van der Waals surface area contributed by atoms with Crippen LogP contribution >= 0.6 is 0 Å². The van der Waals surface area contributed by atoms with Crippen molar-refractivity contribution in [3.8, 4) is 0 Å². The highest BCUT2D eigenvalue weighted by Gasteiger charge is 2.29. The average Bonchev–Trinajstić information content (AvgIpc) is 3.26. The standard InChI is InChI=1S/C20H25FN4O2/c1-13-15-11-14(21)6-7-16(15)22-17(13)12-25-9-4-3-5-18(25)20-23-19(24-27-20)8-10-26-2/h6-7,11,18,22H,3-5,8-10,12H2,1-2H3/t18-/m1/s1. The Labute approximate surface area is 157 Å². The van der Waals surface area contributed by atoms with Gasteiger partial charge in [0.25, 0.3) is 0 Å². The first-order chi connectivity index (χ1) is 13.2. The molecule has 1 N–H and O–H groups in total. The summed E-state index contributed by atoms with van der Waals surface area (Å²) in [7, 11) is 1.67. The number of likely N-dealkylation sites (tertiary alicyclic amines) is 1. The van der Waals surface area contributed by atoms with Crippen LogP contribution < -0.4 is 0 Å². The number of halogens is 1. The Kier molecular flexibility index (Phi) is 5.22. The molecule has 1 aromatic carbocycles. The lowest BCUT2D eigenvalue weighted by atomic mass is 10.0. The minimum absolute atomic E-state index is 0.116. The molecule has 7 heteroatoms. The SMILES string of the molecule is COCCc1noc([C@H]2CCCCN2Cc2[nH]c3ccc(F)cc3c2C)n1. The van der Waals surface area contributed by atoms with Crippen LogP contribution in [0.25, 0.3) is 10.9 Å². The van der Waals surface area contributed by atoms with Crippen molar-refractivity contribution in [2.24, 2.45) is 0 Å². The first-order valence-electron chi connectivity index (χ1n) is 9.48. The van der Waals surface area contributed by atoms with Crippen molar-refractivity contribution in [2.45, 2.75) is 45.2 Å². The zero-order chi connectivity index (χ0) is 18.8. The van der Waals surface area contributed by atoms with Crippen molar-refractivity contribution in [1.82, 2.24) is 20.0 Å². The van der Waals surface area contributed by atoms with Gasteiger partial charge in [-0.05, 0) is 50.1 Å². The molecule has 1 aliphatic heterocycles. The molecular weight excluding hydrogens is 347 g/mol. The Bertz CT molecular complexity index is 920. The normalized spacial score (nSPS) is 18.4. The number of hydrogen-bond donors (Lipinski definition) is 1. The summed E-state index contributed by atoms with van der Waals surface area (Å²) in [5.41, 5.74) is 3.18. The molecular formula is C20H25FN4O2. The summed E-state index contributed by atoms with van der Waals surface area (Å²) in [6, 6.07) is 5.00. The first kappa shape index (κ1) is 18.1. The molecule has 144 valence electrons. The van der Waals surface area contributed by atoms with E-state index in [0.29, 0.717) is 24.7 Å². The number of methoxy groups -OCH3 is 1. The van der Waals surface area contributed by atoms with Gasteiger partial charge in [-0.25, -0.2) is 4.39 Å². The molecule has 1 saturated heterocycles. The number of aromatic nitrogens is 3. The molecule has 0 spiro atoms. The monoisotopic (exact) mass is 372 g/mol. The largest absolute Gasteiger partial charge is 0.384 e. The summed E-state index contributed by atoms with van der Waals surface area (Å²) in [4.78, 5) is 10.4. The van der Waals surface area contributed by atoms with Gasteiger partial charge in [-0.2, -0.15) is 4.98 Å². The lowest BCUT2D eigenvalue weighted by molar-refractivity contribution is 0.110. The summed E-state index contributed by atoms with van der Waals surface area (Å²) in [5, 5.41) is 5.03. The van der Waals surface area contributed by atoms with Gasteiger partial charge in [0.1, 0.15) is 5.82 Å². The second-order valence-electron chi connectivity index (χ2n) is 7.19. The topological polar surface area (TPSA) is 67.2 Å². The summed E-state index contributed by atoms with van der Waals surface area (Å²) in [6.45, 7) is 4.35. The van der Waals surface area contributed by atoms with Crippen LogP contribution in [0.4, 0.5) is 4.39 Å². The van der Waals surface area contributed by atoms with E-state index in [1.807, 2.05) is 6.92 Å². The fraction of sp³-hybridized carbons (Fsp3) is 0.500. The third kappa shape index (κ3) is 3.75. The number of hydrogen-bond acceptors (Lipinski definition) is 5. The summed E-state index contributed by atoms with van der Waals surface area (Å²) in [5.74, 6) is 1.16. The number of nitrogens with zero attached hydrogens (tertiary/aromatic N) is 3. The number of piperidine rings is 1. The molecule has 0 aliphatic carbocycles. The van der Waals surface area contributed by atoms with E-state index in [1.54, 1.807) is 19.2 Å². The van der Waals surface area contributed by atoms with Crippen LogP contribution in [0, 0.1) is 12.7 Å². The number of aromatic amines is 1. The molecule has 0 radical (unpaired) electrons. The zero-order valence-corrected chi connectivity index (χ0v) is 15.8. The number of benzene rings is 1. The molecule has 0 bridgehead atoms. The Morgan fingerprint density at radius 1 is 1.37 bits per heavy atom. The number of rotatable bonds is 6. The molecule has 27 heavy (non-hydrogen) atoms. The van der Waals surface area contributed by atoms with Crippen molar-refractivity contribution in [1.29, 1.82) is 0 Å². The Morgan fingerprint density at radius 2 is 2.26 bits per heavy atom. The van der Waals surface area contributed by atoms with E-state index in [1.165, 1.54) is 6.07 Å². The number of nitrogens with one attached hydrogen (secondary N) is 1. The zero-order valence-electron chi connectivity index (χ0n) is 15.8. The molecule has 3 heterocycles. The molecule has 1 atom stereocenters. The molecule has 6 nitrogen and oxygen atoms in total. The quantitative estimate of drug-likeness (QED) is 0.710. The fourth-order valence-electron chi connectivity index (χ4n) is 3.87. The van der Waals surface area contributed by atoms with Gasteiger partial charge in [0.05, 0.1) is 12.6 Å². The molecule has 4 rings (SSSR count). The maximum Gasteiger partial charge on any atom is 0.244 e. The van der Waals surface area contributed by atoms with Crippen molar-refractivity contribution in [2.75, 3.05) is 20.3 Å². The highest BCUT2D eigenvalue weighted by atomic mass is 19.1. The van der Waals surface area contributed by atoms with Crippen LogP contribution in [0.5, 0.6) is 0 Å². The van der Waals surface area contributed by atoms with Crippen LogP contribution in [0.3, 0.4) is 0 Å². The van der Waals surface area contributed by atoms with Crippen LogP contribution in [-0.2, 0) is 17.7 Å². The molecule has 0 unspecified atom stereocenters. The number of H-pyrrole nitrogens is 1. The Hall–Kier alpha value is -2.25. The van der Waals surface area contributed by atoms with E-state index in [-0.39, 0.29) is 11.9 Å². The van der Waals surface area contributed by atoms with Crippen LogP contribution in [0.15, 0.2) is 22.7 Å². The fourth-order valence-corrected chi connectivity index (χ4v) is 3.87. The lowest BCUT2D eigenvalue weighted by Crippen LogP contribution is -2.33. The van der Waals surface area contributed by atoms with Crippen LogP contribution in [-0.4, -0.2) is 40.3 Å². The molecule has 1 fully saturated rings. The van der Waals surface area contributed by atoms with E-state index in [0.717, 1.165) is 54.5 Å². The van der Waals surface area contributed by atoms with Crippen molar-refractivity contribution in [3.63, 3.8) is 0 Å².